The van der Waals surface area contributed by atoms with Gasteiger partial charge in [0.05, 0.1) is 12.2 Å². The van der Waals surface area contributed by atoms with Crippen LogP contribution in [0.3, 0.4) is 0 Å². The van der Waals surface area contributed by atoms with E-state index in [-0.39, 0.29) is 36.2 Å². The highest BCUT2D eigenvalue weighted by Crippen LogP contribution is 2.19. The molecular weight excluding hydrogens is 743 g/mol. The second kappa shape index (κ2) is 41.7. The number of carbonyl (C=O) groups excluding carboxylic acids is 3. The Kier molecular flexibility index (Phi) is 36.5. The lowest BCUT2D eigenvalue weighted by Crippen LogP contribution is -2.26. The zero-order valence-corrected chi connectivity index (χ0v) is 36.6. The van der Waals surface area contributed by atoms with Crippen molar-refractivity contribution in [2.45, 2.75) is 123 Å². The molecule has 0 aliphatic heterocycles. The van der Waals surface area contributed by atoms with Gasteiger partial charge in [0.1, 0.15) is 5.75 Å². The van der Waals surface area contributed by atoms with E-state index in [1.54, 1.807) is 24.3 Å². The lowest BCUT2D eigenvalue weighted by atomic mass is 10.2. The molecule has 0 atom stereocenters. The Morgan fingerprint density at radius 3 is 1.22 bits per heavy atom. The fourth-order valence-electron chi connectivity index (χ4n) is 5.23. The summed E-state index contributed by atoms with van der Waals surface area (Å²) in [5.74, 6) is -0.782. The first kappa shape index (κ1) is 52.5. The number of benzene rings is 1. The second-order valence-electron chi connectivity index (χ2n) is 13.7. The number of esters is 2. The first-order valence-corrected chi connectivity index (χ1v) is 22.1. The van der Waals surface area contributed by atoms with Gasteiger partial charge in [-0.15, -0.1) is 0 Å². The van der Waals surface area contributed by atoms with Crippen LogP contribution in [0.2, 0.25) is 0 Å². The molecule has 0 spiro atoms. The van der Waals surface area contributed by atoms with Gasteiger partial charge in [-0.1, -0.05) is 172 Å². The van der Waals surface area contributed by atoms with Gasteiger partial charge in [-0.2, -0.15) is 0 Å². The fourth-order valence-corrected chi connectivity index (χ4v) is 5.23. The summed E-state index contributed by atoms with van der Waals surface area (Å²) in [6, 6.07) is 6.69. The maximum Gasteiger partial charge on any atom is 0.311 e. The summed E-state index contributed by atoms with van der Waals surface area (Å²) in [4.78, 5) is 37.4. The molecule has 324 valence electrons. The van der Waals surface area contributed by atoms with Crippen molar-refractivity contribution in [1.82, 2.24) is 5.32 Å². The molecule has 60 heavy (non-hydrogen) atoms. The van der Waals surface area contributed by atoms with Gasteiger partial charge in [-0.05, 0) is 108 Å². The molecule has 1 aromatic carbocycles. The molecular formula is C54H73NO5. The average Bonchev–Trinajstić information content (AvgIpc) is 3.25. The van der Waals surface area contributed by atoms with Crippen molar-refractivity contribution in [2.75, 3.05) is 13.2 Å². The van der Waals surface area contributed by atoms with Gasteiger partial charge in [-0.3, -0.25) is 14.4 Å². The van der Waals surface area contributed by atoms with Crippen molar-refractivity contribution < 1.29 is 23.9 Å². The van der Waals surface area contributed by atoms with Crippen LogP contribution >= 0.6 is 0 Å². The molecule has 0 radical (unpaired) electrons. The molecule has 0 aliphatic rings. The van der Waals surface area contributed by atoms with Gasteiger partial charge < -0.3 is 14.8 Å². The van der Waals surface area contributed by atoms with Crippen LogP contribution in [0.15, 0.2) is 170 Å². The van der Waals surface area contributed by atoms with Crippen molar-refractivity contribution in [1.29, 1.82) is 0 Å². The Morgan fingerprint density at radius 1 is 0.467 bits per heavy atom. The van der Waals surface area contributed by atoms with E-state index < -0.39 is 5.97 Å². The predicted molar refractivity (Wildman–Crippen MR) is 255 cm³/mol. The van der Waals surface area contributed by atoms with Crippen LogP contribution in [0.1, 0.15) is 133 Å². The van der Waals surface area contributed by atoms with E-state index in [0.717, 1.165) is 77.0 Å². The van der Waals surface area contributed by atoms with Gasteiger partial charge in [0.15, 0.2) is 0 Å². The molecule has 1 amide bonds. The Morgan fingerprint density at radius 2 is 0.817 bits per heavy atom. The zero-order valence-electron chi connectivity index (χ0n) is 36.6. The van der Waals surface area contributed by atoms with Crippen molar-refractivity contribution >= 4 is 17.8 Å². The molecule has 1 aromatic rings. The molecule has 0 aromatic heterocycles. The number of rotatable bonds is 34. The molecule has 0 unspecified atom stereocenters. The van der Waals surface area contributed by atoms with E-state index >= 15 is 0 Å². The minimum absolute atomic E-state index is 0.212. The summed E-state index contributed by atoms with van der Waals surface area (Å²) in [6.07, 6.45) is 65.2. The van der Waals surface area contributed by atoms with Crippen molar-refractivity contribution in [2.24, 2.45) is 0 Å². The molecule has 0 heterocycles. The van der Waals surface area contributed by atoms with Crippen LogP contribution in [-0.2, 0) is 14.3 Å². The first-order valence-electron chi connectivity index (χ1n) is 22.1. The van der Waals surface area contributed by atoms with Crippen molar-refractivity contribution in [3.05, 3.63) is 176 Å². The van der Waals surface area contributed by atoms with Crippen LogP contribution in [0.5, 0.6) is 5.75 Å². The van der Waals surface area contributed by atoms with Crippen molar-refractivity contribution in [3.8, 4) is 5.75 Å². The lowest BCUT2D eigenvalue weighted by Gasteiger charge is -2.10. The SMILES string of the molecule is CC/C=C\C/C=C\C/C=C\C/C=C\C/C=C\C/C=C\CCC(=O)OCCCNC(=O)c1ccccc1OC(=O)CC/C=C\C/C=C\C/C=C\C/C=C\C/C=C\C/C=C\CC. The third-order valence-corrected chi connectivity index (χ3v) is 8.45. The highest BCUT2D eigenvalue weighted by molar-refractivity contribution is 5.97. The Hall–Kier alpha value is -5.49. The average molecular weight is 816 g/mol. The van der Waals surface area contributed by atoms with Gasteiger partial charge in [0.25, 0.3) is 5.91 Å². The summed E-state index contributed by atoms with van der Waals surface area (Å²) in [5.41, 5.74) is 0.285. The minimum atomic E-state index is -0.397. The monoisotopic (exact) mass is 816 g/mol. The standard InChI is InChI=1S/C54H73NO5/c1-3-5-7-9-11-13-15-17-19-21-23-25-27-29-31-33-35-37-39-46-52(56)59-49-43-48-55-54(58)50-44-41-42-45-51(50)60-53(57)47-40-38-36-34-32-30-28-26-24-22-20-18-16-14-12-10-8-6-4-2/h5-8,11-14,17-20,23-26,29-32,35-38,41-42,44-45H,3-4,9-10,15-16,21-22,27-28,33-34,39-40,43,46-49H2,1-2H3,(H,55,58)/b7-5-,8-6-,13-11-,14-12-,19-17-,20-18-,25-23-,26-24-,31-29-,32-30-,37-35-,38-36-. The van der Waals surface area contributed by atoms with Gasteiger partial charge in [0, 0.05) is 19.4 Å². The summed E-state index contributed by atoms with van der Waals surface area (Å²) in [5, 5.41) is 2.82. The van der Waals surface area contributed by atoms with Gasteiger partial charge >= 0.3 is 11.9 Å². The highest BCUT2D eigenvalue weighted by atomic mass is 16.5. The number of amides is 1. The Balaban J connectivity index is 2.14. The summed E-state index contributed by atoms with van der Waals surface area (Å²) < 4.78 is 10.8. The van der Waals surface area contributed by atoms with Crippen LogP contribution in [0.25, 0.3) is 0 Å². The molecule has 0 aliphatic carbocycles. The van der Waals surface area contributed by atoms with E-state index in [4.69, 9.17) is 9.47 Å². The summed E-state index contributed by atoms with van der Waals surface area (Å²) in [7, 11) is 0. The Bertz CT molecular complexity index is 1640. The van der Waals surface area contributed by atoms with E-state index in [1.165, 1.54) is 0 Å². The van der Waals surface area contributed by atoms with E-state index in [1.807, 2.05) is 18.2 Å². The molecule has 0 bridgehead atoms. The van der Waals surface area contributed by atoms with Gasteiger partial charge in [0.2, 0.25) is 0 Å². The number of para-hydroxylation sites is 1. The molecule has 1 N–H and O–H groups in total. The first-order chi connectivity index (χ1) is 29.6. The summed E-state index contributed by atoms with van der Waals surface area (Å²) >= 11 is 0. The minimum Gasteiger partial charge on any atom is -0.466 e. The number of carbonyl (C=O) groups is 3. The van der Waals surface area contributed by atoms with Crippen LogP contribution in [-0.4, -0.2) is 31.0 Å². The quantitative estimate of drug-likeness (QED) is 0.0324. The maximum atomic E-state index is 12.8. The third kappa shape index (κ3) is 34.5. The lowest BCUT2D eigenvalue weighted by molar-refractivity contribution is -0.143. The normalized spacial score (nSPS) is 12.8. The fraction of sp³-hybridized carbons (Fsp3) is 0.389. The number of hydrogen-bond donors (Lipinski definition) is 1. The number of nitrogens with one attached hydrogen (secondary N) is 1. The molecule has 1 rings (SSSR count). The van der Waals surface area contributed by atoms with E-state index in [0.29, 0.717) is 32.2 Å². The molecule has 6 nitrogen and oxygen atoms in total. The zero-order chi connectivity index (χ0) is 43.2. The number of allylic oxidation sites excluding steroid dienone is 24. The molecule has 6 heteroatoms. The molecule has 0 fully saturated rings. The number of ether oxygens (including phenoxy) is 2. The largest absolute Gasteiger partial charge is 0.466 e. The van der Waals surface area contributed by atoms with Crippen LogP contribution in [0.4, 0.5) is 0 Å². The molecule has 0 saturated heterocycles. The third-order valence-electron chi connectivity index (χ3n) is 8.45. The van der Waals surface area contributed by atoms with Crippen LogP contribution < -0.4 is 10.1 Å². The maximum absolute atomic E-state index is 12.8. The van der Waals surface area contributed by atoms with E-state index in [2.05, 4.69) is 147 Å². The molecule has 0 saturated carbocycles. The van der Waals surface area contributed by atoms with E-state index in [9.17, 15) is 14.4 Å². The van der Waals surface area contributed by atoms with Gasteiger partial charge in [-0.25, -0.2) is 0 Å². The highest BCUT2D eigenvalue weighted by Gasteiger charge is 2.14. The topological polar surface area (TPSA) is 81.7 Å². The Labute approximate surface area is 363 Å². The van der Waals surface area contributed by atoms with Crippen molar-refractivity contribution in [3.63, 3.8) is 0 Å². The number of hydrogen-bond acceptors (Lipinski definition) is 5. The summed E-state index contributed by atoms with van der Waals surface area (Å²) in [6.45, 7) is 4.83. The van der Waals surface area contributed by atoms with Crippen LogP contribution in [0, 0.1) is 0 Å². The smallest absolute Gasteiger partial charge is 0.311 e. The predicted octanol–water partition coefficient (Wildman–Crippen LogP) is 14.2. The second-order valence-corrected chi connectivity index (χ2v) is 13.7.